The van der Waals surface area contributed by atoms with Crippen LogP contribution in [0, 0.1) is 24.0 Å². The molecule has 0 fully saturated rings. The Morgan fingerprint density at radius 2 is 1.91 bits per heavy atom. The van der Waals surface area contributed by atoms with Gasteiger partial charge < -0.3 is 0 Å². The molecule has 3 rings (SSSR count). The molecule has 0 aliphatic carbocycles. The summed E-state index contributed by atoms with van der Waals surface area (Å²) in [6, 6.07) is 10.5. The summed E-state index contributed by atoms with van der Waals surface area (Å²) in [5.74, 6) is 0.548. The average Bonchev–Trinajstić information content (AvgIpc) is 2.56. The lowest BCUT2D eigenvalue weighted by atomic mass is 10.0. The van der Waals surface area contributed by atoms with E-state index < -0.39 is 11.6 Å². The van der Waals surface area contributed by atoms with Crippen LogP contribution in [-0.4, -0.2) is 4.57 Å². The van der Waals surface area contributed by atoms with Crippen LogP contribution in [0.4, 0.5) is 8.78 Å². The highest BCUT2D eigenvalue weighted by Crippen LogP contribution is 2.20. The largest absolute Gasteiger partial charge is 0.281 e. The SMILES string of the molecule is C#Cc1cccc2cc(CC)n(-c3ccc(F)c(F)c3)c(=O)c12. The smallest absolute Gasteiger partial charge is 0.264 e. The maximum atomic E-state index is 13.6. The van der Waals surface area contributed by atoms with Crippen molar-refractivity contribution in [2.45, 2.75) is 13.3 Å². The Balaban J connectivity index is 2.44. The highest BCUT2D eigenvalue weighted by atomic mass is 19.2. The Labute approximate surface area is 132 Å². The van der Waals surface area contributed by atoms with Crippen LogP contribution in [0.15, 0.2) is 47.3 Å². The molecule has 0 bridgehead atoms. The normalized spacial score (nSPS) is 10.7. The van der Waals surface area contributed by atoms with Crippen LogP contribution < -0.4 is 5.56 Å². The molecule has 2 aromatic carbocycles. The summed E-state index contributed by atoms with van der Waals surface area (Å²) < 4.78 is 28.1. The number of halogens is 2. The van der Waals surface area contributed by atoms with E-state index >= 15 is 0 Å². The number of aromatic nitrogens is 1. The first-order chi connectivity index (χ1) is 11.1. The van der Waals surface area contributed by atoms with Gasteiger partial charge in [0.2, 0.25) is 0 Å². The molecule has 3 aromatic rings. The van der Waals surface area contributed by atoms with Gasteiger partial charge in [-0.15, -0.1) is 6.42 Å². The second-order valence-electron chi connectivity index (χ2n) is 5.14. The number of pyridine rings is 1. The molecule has 0 aliphatic rings. The Morgan fingerprint density at radius 1 is 1.13 bits per heavy atom. The van der Waals surface area contributed by atoms with Crippen LogP contribution in [0.1, 0.15) is 18.2 Å². The third-order valence-electron chi connectivity index (χ3n) is 3.80. The van der Waals surface area contributed by atoms with E-state index in [1.54, 1.807) is 12.1 Å². The van der Waals surface area contributed by atoms with Crippen LogP contribution in [0.3, 0.4) is 0 Å². The van der Waals surface area contributed by atoms with E-state index in [1.165, 1.54) is 10.6 Å². The van der Waals surface area contributed by atoms with Crippen molar-refractivity contribution < 1.29 is 8.78 Å². The quantitative estimate of drug-likeness (QED) is 0.660. The lowest BCUT2D eigenvalue weighted by molar-refractivity contribution is 0.507. The summed E-state index contributed by atoms with van der Waals surface area (Å²) in [6.07, 6.45) is 6.04. The van der Waals surface area contributed by atoms with Crippen LogP contribution in [0.25, 0.3) is 16.5 Å². The van der Waals surface area contributed by atoms with Gasteiger partial charge in [0.15, 0.2) is 11.6 Å². The molecule has 0 saturated carbocycles. The molecule has 23 heavy (non-hydrogen) atoms. The summed E-state index contributed by atoms with van der Waals surface area (Å²) in [5.41, 5.74) is 1.12. The zero-order valence-electron chi connectivity index (χ0n) is 12.4. The number of benzene rings is 2. The van der Waals surface area contributed by atoms with E-state index in [0.717, 1.165) is 17.5 Å². The number of aryl methyl sites for hydroxylation is 1. The molecule has 0 spiro atoms. The monoisotopic (exact) mass is 309 g/mol. The molecule has 114 valence electrons. The molecule has 0 N–H and O–H groups in total. The summed E-state index contributed by atoms with van der Waals surface area (Å²) >= 11 is 0. The van der Waals surface area contributed by atoms with Crippen molar-refractivity contribution in [3.8, 4) is 18.0 Å². The second kappa shape index (κ2) is 5.69. The van der Waals surface area contributed by atoms with Gasteiger partial charge in [-0.1, -0.05) is 25.0 Å². The first kappa shape index (κ1) is 15.0. The van der Waals surface area contributed by atoms with E-state index in [1.807, 2.05) is 19.1 Å². The summed E-state index contributed by atoms with van der Waals surface area (Å²) in [7, 11) is 0. The maximum Gasteiger partial charge on any atom is 0.264 e. The minimum Gasteiger partial charge on any atom is -0.281 e. The van der Waals surface area contributed by atoms with Gasteiger partial charge in [0, 0.05) is 17.3 Å². The van der Waals surface area contributed by atoms with Crippen molar-refractivity contribution >= 4 is 10.8 Å². The minimum atomic E-state index is -0.998. The van der Waals surface area contributed by atoms with Crippen molar-refractivity contribution in [3.63, 3.8) is 0 Å². The van der Waals surface area contributed by atoms with Gasteiger partial charge in [-0.2, -0.15) is 0 Å². The fourth-order valence-electron chi connectivity index (χ4n) is 2.70. The predicted molar refractivity (Wildman–Crippen MR) is 86.8 cm³/mol. The standard InChI is InChI=1S/C19H13F2NO/c1-3-12-6-5-7-13-10-14(4-2)22(19(23)18(12)13)15-8-9-16(20)17(21)11-15/h1,5-11H,4H2,2H3. The van der Waals surface area contributed by atoms with Crippen LogP contribution in [0.2, 0.25) is 0 Å². The van der Waals surface area contributed by atoms with E-state index in [-0.39, 0.29) is 11.2 Å². The maximum absolute atomic E-state index is 13.6. The third-order valence-corrected chi connectivity index (χ3v) is 3.80. The van der Waals surface area contributed by atoms with Gasteiger partial charge in [0.1, 0.15) is 0 Å². The summed E-state index contributed by atoms with van der Waals surface area (Å²) in [5, 5.41) is 1.14. The number of hydrogen-bond donors (Lipinski definition) is 0. The van der Waals surface area contributed by atoms with Crippen LogP contribution in [0.5, 0.6) is 0 Å². The van der Waals surface area contributed by atoms with E-state index in [9.17, 15) is 13.6 Å². The van der Waals surface area contributed by atoms with E-state index in [4.69, 9.17) is 6.42 Å². The molecule has 0 saturated heterocycles. The Morgan fingerprint density at radius 3 is 2.57 bits per heavy atom. The van der Waals surface area contributed by atoms with Crippen LogP contribution in [-0.2, 0) is 6.42 Å². The highest BCUT2D eigenvalue weighted by molar-refractivity contribution is 5.88. The number of terminal acetylenes is 1. The zero-order valence-corrected chi connectivity index (χ0v) is 12.4. The topological polar surface area (TPSA) is 22.0 Å². The average molecular weight is 309 g/mol. The Kier molecular flexibility index (Phi) is 3.71. The molecule has 0 aliphatic heterocycles. The predicted octanol–water partition coefficient (Wildman–Crippen LogP) is 3.81. The van der Waals surface area contributed by atoms with Gasteiger partial charge in [0.05, 0.1) is 11.1 Å². The van der Waals surface area contributed by atoms with Crippen molar-refractivity contribution in [1.29, 1.82) is 0 Å². The molecule has 1 aromatic heterocycles. The molecule has 0 amide bonds. The minimum absolute atomic E-state index is 0.277. The lowest BCUT2D eigenvalue weighted by Crippen LogP contribution is -2.22. The first-order valence-corrected chi connectivity index (χ1v) is 7.16. The molecule has 0 atom stereocenters. The molecule has 1 heterocycles. The Hall–Kier alpha value is -2.93. The van der Waals surface area contributed by atoms with Crippen molar-refractivity contribution in [1.82, 2.24) is 4.57 Å². The van der Waals surface area contributed by atoms with E-state index in [2.05, 4.69) is 5.92 Å². The summed E-state index contributed by atoms with van der Waals surface area (Å²) in [6.45, 7) is 1.89. The van der Waals surface area contributed by atoms with Crippen molar-refractivity contribution in [3.05, 3.63) is 75.7 Å². The lowest BCUT2D eigenvalue weighted by Gasteiger charge is -2.14. The molecular formula is C19H13F2NO. The molecule has 2 nitrogen and oxygen atoms in total. The van der Waals surface area contributed by atoms with E-state index in [0.29, 0.717) is 23.1 Å². The zero-order chi connectivity index (χ0) is 16.6. The Bertz CT molecular complexity index is 1010. The fourth-order valence-corrected chi connectivity index (χ4v) is 2.70. The second-order valence-corrected chi connectivity index (χ2v) is 5.14. The van der Waals surface area contributed by atoms with Crippen molar-refractivity contribution in [2.75, 3.05) is 0 Å². The van der Waals surface area contributed by atoms with Gasteiger partial charge in [-0.3, -0.25) is 9.36 Å². The number of hydrogen-bond acceptors (Lipinski definition) is 1. The highest BCUT2D eigenvalue weighted by Gasteiger charge is 2.14. The third kappa shape index (κ3) is 2.40. The first-order valence-electron chi connectivity index (χ1n) is 7.16. The fraction of sp³-hybridized carbons (Fsp3) is 0.105. The number of rotatable bonds is 2. The van der Waals surface area contributed by atoms with Gasteiger partial charge in [0.25, 0.3) is 5.56 Å². The van der Waals surface area contributed by atoms with Gasteiger partial charge in [-0.05, 0) is 36.1 Å². The van der Waals surface area contributed by atoms with Crippen LogP contribution >= 0.6 is 0 Å². The van der Waals surface area contributed by atoms with Crippen molar-refractivity contribution in [2.24, 2.45) is 0 Å². The molecule has 4 heteroatoms. The molecule has 0 unspecified atom stereocenters. The van der Waals surface area contributed by atoms with Gasteiger partial charge >= 0.3 is 0 Å². The summed E-state index contributed by atoms with van der Waals surface area (Å²) in [4.78, 5) is 12.9. The number of fused-ring (bicyclic) bond motifs is 1. The molecule has 0 radical (unpaired) electrons. The molecular weight excluding hydrogens is 296 g/mol. The van der Waals surface area contributed by atoms with Gasteiger partial charge in [-0.25, -0.2) is 8.78 Å². The number of nitrogens with zero attached hydrogens (tertiary/aromatic N) is 1.